The second kappa shape index (κ2) is 5.10. The fourth-order valence-electron chi connectivity index (χ4n) is 3.29. The summed E-state index contributed by atoms with van der Waals surface area (Å²) >= 11 is 0. The van der Waals surface area contributed by atoms with E-state index >= 15 is 0 Å². The summed E-state index contributed by atoms with van der Waals surface area (Å²) < 4.78 is 0. The normalized spacial score (nSPS) is 27.6. The summed E-state index contributed by atoms with van der Waals surface area (Å²) in [5.41, 5.74) is 6.79. The van der Waals surface area contributed by atoms with Crippen LogP contribution in [0.5, 0.6) is 0 Å². The van der Waals surface area contributed by atoms with E-state index < -0.39 is 0 Å². The number of nitrogens with two attached hydrogens (primary N) is 1. The second-order valence-corrected chi connectivity index (χ2v) is 5.37. The molecule has 4 nitrogen and oxygen atoms in total. The molecule has 2 saturated heterocycles. The van der Waals surface area contributed by atoms with E-state index in [1.165, 1.54) is 12.8 Å². The molecule has 0 radical (unpaired) electrons. The third-order valence-electron chi connectivity index (χ3n) is 4.25. The number of hydrogen-bond donors (Lipinski definition) is 1. The van der Waals surface area contributed by atoms with Crippen molar-refractivity contribution in [2.45, 2.75) is 31.3 Å². The van der Waals surface area contributed by atoms with Gasteiger partial charge in [-0.05, 0) is 31.4 Å². The number of piperidine rings is 1. The number of anilines is 2. The van der Waals surface area contributed by atoms with Gasteiger partial charge in [0.25, 0.3) is 0 Å². The predicted octanol–water partition coefficient (Wildman–Crippen LogP) is 1.34. The van der Waals surface area contributed by atoms with Gasteiger partial charge in [-0.15, -0.1) is 6.42 Å². The van der Waals surface area contributed by atoms with E-state index in [-0.39, 0.29) is 0 Å². The molecule has 2 aliphatic rings. The molecule has 3 heterocycles. The van der Waals surface area contributed by atoms with Crippen molar-refractivity contribution in [1.29, 1.82) is 0 Å². The zero-order chi connectivity index (χ0) is 13.2. The van der Waals surface area contributed by atoms with E-state index in [0.29, 0.717) is 12.1 Å². The molecule has 1 aromatic heterocycles. The first-order chi connectivity index (χ1) is 9.29. The number of piperazine rings is 1. The minimum Gasteiger partial charge on any atom is -0.396 e. The van der Waals surface area contributed by atoms with Crippen LogP contribution in [0.1, 0.15) is 19.3 Å². The van der Waals surface area contributed by atoms with E-state index in [1.807, 2.05) is 18.3 Å². The summed E-state index contributed by atoms with van der Waals surface area (Å²) in [4.78, 5) is 9.21. The SMILES string of the molecule is C#CC1CCC[C@H]2CN(c3ncccc3N)CCN12. The Labute approximate surface area is 114 Å². The molecule has 0 aliphatic carbocycles. The van der Waals surface area contributed by atoms with E-state index in [9.17, 15) is 0 Å². The average molecular weight is 256 g/mol. The quantitative estimate of drug-likeness (QED) is 0.770. The molecule has 0 saturated carbocycles. The number of rotatable bonds is 1. The van der Waals surface area contributed by atoms with Crippen molar-refractivity contribution in [3.8, 4) is 12.3 Å². The van der Waals surface area contributed by atoms with Crippen molar-refractivity contribution in [3.63, 3.8) is 0 Å². The number of nitrogens with zero attached hydrogens (tertiary/aromatic N) is 3. The monoisotopic (exact) mass is 256 g/mol. The molecular formula is C15H20N4. The standard InChI is InChI=1S/C15H20N4/c1-2-12-5-3-6-13-11-18(9-10-19(12)13)15-14(16)7-4-8-17-15/h1,4,7-8,12-13H,3,5-6,9-11,16H2/t12?,13-/m0/s1. The predicted molar refractivity (Wildman–Crippen MR) is 77.8 cm³/mol. The van der Waals surface area contributed by atoms with Gasteiger partial charge in [0.2, 0.25) is 0 Å². The van der Waals surface area contributed by atoms with Crippen LogP contribution in [0.25, 0.3) is 0 Å². The Morgan fingerprint density at radius 3 is 3.05 bits per heavy atom. The molecular weight excluding hydrogens is 236 g/mol. The van der Waals surface area contributed by atoms with Crippen LogP contribution in [0.3, 0.4) is 0 Å². The highest BCUT2D eigenvalue weighted by molar-refractivity contribution is 5.62. The number of fused-ring (bicyclic) bond motifs is 1. The molecule has 1 aromatic rings. The molecule has 2 atom stereocenters. The van der Waals surface area contributed by atoms with Gasteiger partial charge in [-0.3, -0.25) is 4.90 Å². The summed E-state index contributed by atoms with van der Waals surface area (Å²) in [6.45, 7) is 2.95. The lowest BCUT2D eigenvalue weighted by Gasteiger charge is -2.47. The molecule has 2 N–H and O–H groups in total. The van der Waals surface area contributed by atoms with Gasteiger partial charge in [0.1, 0.15) is 0 Å². The minimum atomic E-state index is 0.321. The zero-order valence-corrected chi connectivity index (χ0v) is 11.1. The average Bonchev–Trinajstić information content (AvgIpc) is 2.46. The van der Waals surface area contributed by atoms with Crippen LogP contribution in [0, 0.1) is 12.3 Å². The highest BCUT2D eigenvalue weighted by atomic mass is 15.3. The summed E-state index contributed by atoms with van der Waals surface area (Å²) in [6, 6.07) is 4.66. The van der Waals surface area contributed by atoms with Crippen LogP contribution < -0.4 is 10.6 Å². The van der Waals surface area contributed by atoms with Crippen molar-refractivity contribution in [3.05, 3.63) is 18.3 Å². The summed E-state index contributed by atoms with van der Waals surface area (Å²) in [7, 11) is 0. The molecule has 0 bridgehead atoms. The fourth-order valence-corrected chi connectivity index (χ4v) is 3.29. The molecule has 0 spiro atoms. The van der Waals surface area contributed by atoms with E-state index in [2.05, 4.69) is 20.7 Å². The molecule has 3 rings (SSSR count). The fraction of sp³-hybridized carbons (Fsp3) is 0.533. The van der Waals surface area contributed by atoms with Gasteiger partial charge in [-0.1, -0.05) is 5.92 Å². The van der Waals surface area contributed by atoms with E-state index in [4.69, 9.17) is 12.2 Å². The smallest absolute Gasteiger partial charge is 0.151 e. The van der Waals surface area contributed by atoms with Crippen LogP contribution in [0.15, 0.2) is 18.3 Å². The highest BCUT2D eigenvalue weighted by Gasteiger charge is 2.34. The Bertz CT molecular complexity index is 493. The summed E-state index contributed by atoms with van der Waals surface area (Å²) in [5.74, 6) is 3.86. The van der Waals surface area contributed by atoms with Crippen LogP contribution in [-0.4, -0.2) is 41.6 Å². The third-order valence-corrected chi connectivity index (χ3v) is 4.25. The number of terminal acetylenes is 1. The van der Waals surface area contributed by atoms with Crippen molar-refractivity contribution in [1.82, 2.24) is 9.88 Å². The number of aromatic nitrogens is 1. The van der Waals surface area contributed by atoms with Crippen LogP contribution >= 0.6 is 0 Å². The molecule has 0 amide bonds. The topological polar surface area (TPSA) is 45.4 Å². The third kappa shape index (κ3) is 2.26. The largest absolute Gasteiger partial charge is 0.396 e. The first-order valence-corrected chi connectivity index (χ1v) is 6.97. The van der Waals surface area contributed by atoms with Gasteiger partial charge >= 0.3 is 0 Å². The Morgan fingerprint density at radius 1 is 1.37 bits per heavy atom. The van der Waals surface area contributed by atoms with Gasteiger partial charge in [-0.25, -0.2) is 4.98 Å². The maximum absolute atomic E-state index is 6.02. The molecule has 1 unspecified atom stereocenters. The first kappa shape index (κ1) is 12.3. The molecule has 4 heteroatoms. The molecule has 2 fully saturated rings. The number of hydrogen-bond acceptors (Lipinski definition) is 4. The maximum Gasteiger partial charge on any atom is 0.151 e. The Hall–Kier alpha value is -1.73. The lowest BCUT2D eigenvalue weighted by atomic mass is 9.93. The molecule has 0 aromatic carbocycles. The van der Waals surface area contributed by atoms with Crippen molar-refractivity contribution >= 4 is 11.5 Å². The second-order valence-electron chi connectivity index (χ2n) is 5.37. The maximum atomic E-state index is 6.02. The van der Waals surface area contributed by atoms with Gasteiger partial charge in [-0.2, -0.15) is 0 Å². The van der Waals surface area contributed by atoms with Crippen molar-refractivity contribution in [2.24, 2.45) is 0 Å². The molecule has 100 valence electrons. The lowest BCUT2D eigenvalue weighted by molar-refractivity contribution is 0.101. The van der Waals surface area contributed by atoms with Crippen molar-refractivity contribution in [2.75, 3.05) is 30.3 Å². The number of nitrogen functional groups attached to an aromatic ring is 1. The Kier molecular flexibility index (Phi) is 3.31. The Morgan fingerprint density at radius 2 is 2.26 bits per heavy atom. The highest BCUT2D eigenvalue weighted by Crippen LogP contribution is 2.29. The lowest BCUT2D eigenvalue weighted by Crippen LogP contribution is -2.58. The zero-order valence-electron chi connectivity index (χ0n) is 11.1. The summed E-state index contributed by atoms with van der Waals surface area (Å²) in [5, 5.41) is 0. The minimum absolute atomic E-state index is 0.321. The molecule has 2 aliphatic heterocycles. The van der Waals surface area contributed by atoms with Gasteiger partial charge in [0, 0.05) is 31.9 Å². The van der Waals surface area contributed by atoms with Crippen molar-refractivity contribution < 1.29 is 0 Å². The van der Waals surface area contributed by atoms with Gasteiger partial charge < -0.3 is 10.6 Å². The Balaban J connectivity index is 1.77. The van der Waals surface area contributed by atoms with Crippen LogP contribution in [0.2, 0.25) is 0 Å². The first-order valence-electron chi connectivity index (χ1n) is 6.97. The van der Waals surface area contributed by atoms with Crippen LogP contribution in [-0.2, 0) is 0 Å². The molecule has 19 heavy (non-hydrogen) atoms. The summed E-state index contributed by atoms with van der Waals surface area (Å²) in [6.07, 6.45) is 11.0. The van der Waals surface area contributed by atoms with Gasteiger partial charge in [0.15, 0.2) is 5.82 Å². The van der Waals surface area contributed by atoms with E-state index in [1.54, 1.807) is 0 Å². The van der Waals surface area contributed by atoms with E-state index in [0.717, 1.165) is 37.6 Å². The van der Waals surface area contributed by atoms with Crippen LogP contribution in [0.4, 0.5) is 11.5 Å². The number of pyridine rings is 1. The van der Waals surface area contributed by atoms with Gasteiger partial charge in [0.05, 0.1) is 11.7 Å².